The fourth-order valence-electron chi connectivity index (χ4n) is 3.56. The van der Waals surface area contributed by atoms with Crippen molar-refractivity contribution in [2.24, 2.45) is 0 Å². The minimum Gasteiger partial charge on any atom is -0.491 e. The predicted molar refractivity (Wildman–Crippen MR) is 131 cm³/mol. The fourth-order valence-corrected chi connectivity index (χ4v) is 3.77. The summed E-state index contributed by atoms with van der Waals surface area (Å²) in [6, 6.07) is 14.3. The number of thiocarbonyl (C=S) groups is 1. The monoisotopic (exact) mass is 453 g/mol. The smallest absolute Gasteiger partial charge is 0.257 e. The van der Waals surface area contributed by atoms with Gasteiger partial charge in [-0.15, -0.1) is 0 Å². The molecule has 1 saturated carbocycles. The van der Waals surface area contributed by atoms with Crippen LogP contribution < -0.4 is 20.7 Å². The minimum absolute atomic E-state index is 0.0555. The Morgan fingerprint density at radius 2 is 1.56 bits per heavy atom. The van der Waals surface area contributed by atoms with Crippen molar-refractivity contribution in [2.75, 3.05) is 5.32 Å². The lowest BCUT2D eigenvalue weighted by Gasteiger charge is -2.22. The van der Waals surface area contributed by atoms with Crippen LogP contribution in [0.2, 0.25) is 0 Å². The first-order chi connectivity index (χ1) is 15.4. The Labute approximate surface area is 195 Å². The molecule has 0 spiro atoms. The van der Waals surface area contributed by atoms with Gasteiger partial charge in [0.15, 0.2) is 5.11 Å². The highest BCUT2D eigenvalue weighted by molar-refractivity contribution is 7.80. The van der Waals surface area contributed by atoms with E-state index >= 15 is 0 Å². The molecule has 3 N–H and O–H groups in total. The molecule has 170 valence electrons. The molecule has 1 atom stereocenters. The van der Waals surface area contributed by atoms with Gasteiger partial charge < -0.3 is 15.4 Å². The van der Waals surface area contributed by atoms with E-state index in [0.717, 1.165) is 25.0 Å². The van der Waals surface area contributed by atoms with Crippen LogP contribution in [-0.2, 0) is 0 Å². The molecule has 6 nitrogen and oxygen atoms in total. The number of hydrogen-bond donors (Lipinski definition) is 3. The summed E-state index contributed by atoms with van der Waals surface area (Å²) in [5.41, 5.74) is 1.79. The number of hydrogen-bond acceptors (Lipinski definition) is 4. The van der Waals surface area contributed by atoms with Crippen LogP contribution in [0.15, 0.2) is 48.5 Å². The molecule has 2 amide bonds. The Morgan fingerprint density at radius 1 is 0.969 bits per heavy atom. The van der Waals surface area contributed by atoms with Crippen molar-refractivity contribution in [2.45, 2.75) is 64.5 Å². The van der Waals surface area contributed by atoms with Gasteiger partial charge >= 0.3 is 0 Å². The molecular weight excluding hydrogens is 422 g/mol. The van der Waals surface area contributed by atoms with E-state index in [1.54, 1.807) is 48.5 Å². The Kier molecular flexibility index (Phi) is 8.62. The Hall–Kier alpha value is -2.93. The second kappa shape index (κ2) is 11.6. The largest absolute Gasteiger partial charge is 0.491 e. The second-order valence-corrected chi connectivity index (χ2v) is 8.56. The van der Waals surface area contributed by atoms with E-state index in [-0.39, 0.29) is 29.1 Å². The third-order valence-corrected chi connectivity index (χ3v) is 5.81. The molecule has 0 aliphatic heterocycles. The average Bonchev–Trinajstić information content (AvgIpc) is 2.80. The van der Waals surface area contributed by atoms with Crippen LogP contribution in [0, 0.1) is 0 Å². The van der Waals surface area contributed by atoms with Crippen LogP contribution in [-0.4, -0.2) is 29.1 Å². The normalized spacial score (nSPS) is 14.8. The topological polar surface area (TPSA) is 79.5 Å². The summed E-state index contributed by atoms with van der Waals surface area (Å²) in [6.45, 7) is 4.06. The van der Waals surface area contributed by atoms with Crippen molar-refractivity contribution >= 4 is 34.8 Å². The highest BCUT2D eigenvalue weighted by atomic mass is 32.1. The zero-order valence-electron chi connectivity index (χ0n) is 18.6. The molecule has 0 radical (unpaired) electrons. The summed E-state index contributed by atoms with van der Waals surface area (Å²) in [5.74, 6) is 0.366. The standard InChI is InChI=1S/C25H31N3O3S/c1-3-17(2)31-22-15-11-19(12-16-22)24(30)28-25(32)27-21-13-9-18(10-14-21)23(29)26-20-7-5-4-6-8-20/h9-17,20H,3-8H2,1-2H3,(H,26,29)(H2,27,28,30,32). The van der Waals surface area contributed by atoms with Gasteiger partial charge in [-0.3, -0.25) is 14.9 Å². The number of nitrogens with one attached hydrogen (secondary N) is 3. The summed E-state index contributed by atoms with van der Waals surface area (Å²) < 4.78 is 5.73. The van der Waals surface area contributed by atoms with E-state index < -0.39 is 0 Å². The molecule has 3 rings (SSSR count). The Balaban J connectivity index is 1.48. The van der Waals surface area contributed by atoms with Crippen LogP contribution in [0.1, 0.15) is 73.1 Å². The number of benzene rings is 2. The first kappa shape index (κ1) is 23.7. The number of anilines is 1. The number of rotatable bonds is 7. The molecule has 0 bridgehead atoms. The van der Waals surface area contributed by atoms with Gasteiger partial charge in [-0.2, -0.15) is 0 Å². The van der Waals surface area contributed by atoms with E-state index in [1.165, 1.54) is 19.3 Å². The SMILES string of the molecule is CCC(C)Oc1ccc(C(=O)NC(=S)Nc2ccc(C(=O)NC3CCCCC3)cc2)cc1. The van der Waals surface area contributed by atoms with Gasteiger partial charge in [0.1, 0.15) is 5.75 Å². The molecule has 2 aromatic rings. The lowest BCUT2D eigenvalue weighted by Crippen LogP contribution is -2.36. The van der Waals surface area contributed by atoms with Gasteiger partial charge in [-0.05, 0) is 86.9 Å². The maximum atomic E-state index is 12.4. The van der Waals surface area contributed by atoms with Gasteiger partial charge in [-0.1, -0.05) is 26.2 Å². The molecule has 0 aromatic heterocycles. The maximum Gasteiger partial charge on any atom is 0.257 e. The number of carbonyl (C=O) groups is 2. The molecular formula is C25H31N3O3S. The molecule has 32 heavy (non-hydrogen) atoms. The van der Waals surface area contributed by atoms with E-state index in [1.807, 2.05) is 6.92 Å². The third kappa shape index (κ3) is 7.05. The fraction of sp³-hybridized carbons (Fsp3) is 0.400. The number of carbonyl (C=O) groups excluding carboxylic acids is 2. The molecule has 0 heterocycles. The number of ether oxygens (including phenoxy) is 1. The summed E-state index contributed by atoms with van der Waals surface area (Å²) in [5, 5.41) is 8.94. The molecule has 1 aliphatic rings. The van der Waals surface area contributed by atoms with Gasteiger partial charge in [0.05, 0.1) is 6.10 Å². The minimum atomic E-state index is -0.305. The first-order valence-corrected chi connectivity index (χ1v) is 11.7. The summed E-state index contributed by atoms with van der Waals surface area (Å²) >= 11 is 5.26. The molecule has 0 saturated heterocycles. The highest BCUT2D eigenvalue weighted by Crippen LogP contribution is 2.18. The van der Waals surface area contributed by atoms with Crippen LogP contribution >= 0.6 is 12.2 Å². The van der Waals surface area contributed by atoms with Crippen molar-refractivity contribution in [3.63, 3.8) is 0 Å². The van der Waals surface area contributed by atoms with E-state index in [9.17, 15) is 9.59 Å². The van der Waals surface area contributed by atoms with E-state index in [2.05, 4.69) is 22.9 Å². The van der Waals surface area contributed by atoms with Crippen molar-refractivity contribution in [1.82, 2.24) is 10.6 Å². The molecule has 1 unspecified atom stereocenters. The van der Waals surface area contributed by atoms with Crippen LogP contribution in [0.5, 0.6) is 5.75 Å². The quantitative estimate of drug-likeness (QED) is 0.511. The predicted octanol–water partition coefficient (Wildman–Crippen LogP) is 5.05. The third-order valence-electron chi connectivity index (χ3n) is 5.60. The maximum absolute atomic E-state index is 12.4. The molecule has 1 fully saturated rings. The van der Waals surface area contributed by atoms with Gasteiger partial charge in [-0.25, -0.2) is 0 Å². The van der Waals surface area contributed by atoms with Crippen molar-refractivity contribution in [3.8, 4) is 5.75 Å². The number of amides is 2. The molecule has 2 aromatic carbocycles. The summed E-state index contributed by atoms with van der Waals surface area (Å²) in [6.07, 6.45) is 6.73. The van der Waals surface area contributed by atoms with Gasteiger partial charge in [0.25, 0.3) is 11.8 Å². The van der Waals surface area contributed by atoms with Gasteiger partial charge in [0, 0.05) is 22.9 Å². The van der Waals surface area contributed by atoms with Crippen LogP contribution in [0.3, 0.4) is 0 Å². The first-order valence-electron chi connectivity index (χ1n) is 11.2. The highest BCUT2D eigenvalue weighted by Gasteiger charge is 2.16. The Bertz CT molecular complexity index is 922. The molecule has 1 aliphatic carbocycles. The van der Waals surface area contributed by atoms with Crippen LogP contribution in [0.4, 0.5) is 5.69 Å². The zero-order chi connectivity index (χ0) is 22.9. The second-order valence-electron chi connectivity index (χ2n) is 8.16. The lowest BCUT2D eigenvalue weighted by molar-refractivity contribution is 0.0926. The van der Waals surface area contributed by atoms with Crippen molar-refractivity contribution in [3.05, 3.63) is 59.7 Å². The summed E-state index contributed by atoms with van der Waals surface area (Å²) in [7, 11) is 0. The van der Waals surface area contributed by atoms with Crippen molar-refractivity contribution in [1.29, 1.82) is 0 Å². The van der Waals surface area contributed by atoms with Crippen molar-refractivity contribution < 1.29 is 14.3 Å². The van der Waals surface area contributed by atoms with Crippen LogP contribution in [0.25, 0.3) is 0 Å². The van der Waals surface area contributed by atoms with E-state index in [4.69, 9.17) is 17.0 Å². The van der Waals surface area contributed by atoms with E-state index in [0.29, 0.717) is 16.8 Å². The molecule has 7 heteroatoms. The van der Waals surface area contributed by atoms with Gasteiger partial charge in [0.2, 0.25) is 0 Å². The Morgan fingerprint density at radius 3 is 2.19 bits per heavy atom. The average molecular weight is 454 g/mol. The lowest BCUT2D eigenvalue weighted by atomic mass is 9.95. The summed E-state index contributed by atoms with van der Waals surface area (Å²) in [4.78, 5) is 24.9. The zero-order valence-corrected chi connectivity index (χ0v) is 19.5.